The predicted octanol–water partition coefficient (Wildman–Crippen LogP) is -0.285. The quantitative estimate of drug-likeness (QED) is 0.752. The van der Waals surface area contributed by atoms with Gasteiger partial charge in [-0.15, -0.1) is 0 Å². The number of hydrazone groups is 1. The number of carbonyl (C=O) groups is 1. The summed E-state index contributed by atoms with van der Waals surface area (Å²) in [4.78, 5) is 41.4. The van der Waals surface area contributed by atoms with Gasteiger partial charge in [-0.3, -0.25) is 23.3 Å². The maximum Gasteiger partial charge on any atom is 0.332 e. The molecule has 10 heteroatoms. The van der Waals surface area contributed by atoms with E-state index in [0.717, 1.165) is 4.57 Å². The highest BCUT2D eigenvalue weighted by molar-refractivity contribution is 5.92. The Hall–Kier alpha value is -3.17. The van der Waals surface area contributed by atoms with Crippen molar-refractivity contribution in [2.75, 3.05) is 11.6 Å². The molecule has 3 heterocycles. The minimum absolute atomic E-state index is 0.172. The normalized spacial score (nSPS) is 17.0. The smallest absolute Gasteiger partial charge is 0.332 e. The molecule has 0 aromatic carbocycles. The molecule has 1 aliphatic rings. The topological polar surface area (TPSA) is 121 Å². The van der Waals surface area contributed by atoms with Crippen LogP contribution >= 0.6 is 0 Å². The van der Waals surface area contributed by atoms with Gasteiger partial charge in [0.1, 0.15) is 6.54 Å². The third-order valence-corrected chi connectivity index (χ3v) is 4.49. The van der Waals surface area contributed by atoms with Crippen LogP contribution in [0.2, 0.25) is 0 Å². The summed E-state index contributed by atoms with van der Waals surface area (Å²) in [5.41, 5.74) is 5.66. The first-order chi connectivity index (χ1) is 12.3. The molecule has 2 aromatic rings. The molecule has 0 bridgehead atoms. The monoisotopic (exact) mass is 359 g/mol. The zero-order valence-corrected chi connectivity index (χ0v) is 15.1. The molecule has 3 rings (SSSR count). The average Bonchev–Trinajstić information content (AvgIpc) is 2.98. The summed E-state index contributed by atoms with van der Waals surface area (Å²) in [6.45, 7) is 5.50. The second-order valence-corrected chi connectivity index (χ2v) is 6.22. The van der Waals surface area contributed by atoms with E-state index in [2.05, 4.69) is 10.1 Å². The number of hydrogen-bond acceptors (Lipinski definition) is 6. The van der Waals surface area contributed by atoms with Gasteiger partial charge in [0, 0.05) is 13.6 Å². The van der Waals surface area contributed by atoms with Crippen LogP contribution < -0.4 is 22.0 Å². The lowest BCUT2D eigenvalue weighted by Gasteiger charge is -2.28. The average molecular weight is 359 g/mol. The van der Waals surface area contributed by atoms with Crippen LogP contribution in [-0.4, -0.2) is 36.8 Å². The van der Waals surface area contributed by atoms with E-state index < -0.39 is 17.2 Å². The SMILES string of the molecule is C/C=C/Cn1c(=O)c2c(nc3n2[C@@H](C)C(C)=NN3CC(N)=O)n(C)c1=O. The maximum atomic E-state index is 13.0. The predicted molar refractivity (Wildman–Crippen MR) is 98.4 cm³/mol. The van der Waals surface area contributed by atoms with E-state index in [0.29, 0.717) is 17.2 Å². The number of nitrogens with two attached hydrogens (primary N) is 1. The number of nitrogens with zero attached hydrogens (tertiary/aromatic N) is 6. The Morgan fingerprint density at radius 2 is 2.04 bits per heavy atom. The Labute approximate surface area is 148 Å². The summed E-state index contributed by atoms with van der Waals surface area (Å²) in [7, 11) is 1.56. The first kappa shape index (κ1) is 17.6. The minimum Gasteiger partial charge on any atom is -0.368 e. The molecule has 0 saturated heterocycles. The maximum absolute atomic E-state index is 13.0. The summed E-state index contributed by atoms with van der Waals surface area (Å²) in [6.07, 6.45) is 3.51. The van der Waals surface area contributed by atoms with Crippen LogP contribution in [0.15, 0.2) is 26.8 Å². The fourth-order valence-corrected chi connectivity index (χ4v) is 3.01. The Kier molecular flexibility index (Phi) is 4.26. The number of allylic oxidation sites excluding steroid dienone is 2. The van der Waals surface area contributed by atoms with Crippen LogP contribution in [-0.2, 0) is 18.4 Å². The van der Waals surface area contributed by atoms with Gasteiger partial charge in [0.2, 0.25) is 11.9 Å². The number of primary amides is 1. The van der Waals surface area contributed by atoms with Crippen molar-refractivity contribution in [3.8, 4) is 0 Å². The highest BCUT2D eigenvalue weighted by Gasteiger charge is 2.31. The molecule has 0 saturated carbocycles. The summed E-state index contributed by atoms with van der Waals surface area (Å²) in [6, 6.07) is -0.250. The lowest BCUT2D eigenvalue weighted by atomic mass is 10.2. The van der Waals surface area contributed by atoms with Gasteiger partial charge in [0.25, 0.3) is 5.56 Å². The van der Waals surface area contributed by atoms with E-state index in [1.165, 1.54) is 9.58 Å². The summed E-state index contributed by atoms with van der Waals surface area (Å²) in [5.74, 6) is -0.262. The molecular formula is C16H21N7O3. The first-order valence-corrected chi connectivity index (χ1v) is 8.21. The van der Waals surface area contributed by atoms with E-state index in [9.17, 15) is 14.4 Å². The van der Waals surface area contributed by atoms with E-state index in [4.69, 9.17) is 5.73 Å². The van der Waals surface area contributed by atoms with Crippen LogP contribution in [0.5, 0.6) is 0 Å². The third-order valence-electron chi connectivity index (χ3n) is 4.49. The Balaban J connectivity index is 2.38. The van der Waals surface area contributed by atoms with Crippen molar-refractivity contribution in [2.24, 2.45) is 17.9 Å². The number of anilines is 1. The second-order valence-electron chi connectivity index (χ2n) is 6.22. The lowest BCUT2D eigenvalue weighted by molar-refractivity contribution is -0.116. The molecule has 0 fully saturated rings. The van der Waals surface area contributed by atoms with E-state index in [1.807, 2.05) is 13.8 Å². The molecule has 2 N–H and O–H groups in total. The molecule has 0 unspecified atom stereocenters. The van der Waals surface area contributed by atoms with E-state index in [-0.39, 0.29) is 24.8 Å². The van der Waals surface area contributed by atoms with Gasteiger partial charge in [0.15, 0.2) is 11.2 Å². The zero-order valence-electron chi connectivity index (χ0n) is 15.1. The van der Waals surface area contributed by atoms with Gasteiger partial charge in [-0.1, -0.05) is 12.2 Å². The molecule has 0 spiro atoms. The van der Waals surface area contributed by atoms with Gasteiger partial charge in [-0.25, -0.2) is 9.80 Å². The Bertz CT molecular complexity index is 1070. The van der Waals surface area contributed by atoms with Crippen molar-refractivity contribution in [1.29, 1.82) is 0 Å². The molecule has 2 aromatic heterocycles. The largest absolute Gasteiger partial charge is 0.368 e. The van der Waals surface area contributed by atoms with Crippen LogP contribution in [0.4, 0.5) is 5.95 Å². The van der Waals surface area contributed by atoms with Crippen molar-refractivity contribution < 1.29 is 4.79 Å². The molecule has 26 heavy (non-hydrogen) atoms. The molecule has 0 radical (unpaired) electrons. The summed E-state index contributed by atoms with van der Waals surface area (Å²) < 4.78 is 4.19. The number of aromatic nitrogens is 4. The molecule has 1 amide bonds. The third kappa shape index (κ3) is 2.54. The number of aryl methyl sites for hydroxylation is 1. The fraction of sp³-hybridized carbons (Fsp3) is 0.438. The van der Waals surface area contributed by atoms with E-state index in [1.54, 1.807) is 30.7 Å². The summed E-state index contributed by atoms with van der Waals surface area (Å²) in [5, 5.41) is 5.71. The molecule has 138 valence electrons. The number of hydrogen-bond donors (Lipinski definition) is 1. The number of carbonyl (C=O) groups excluding carboxylic acids is 1. The van der Waals surface area contributed by atoms with Crippen molar-refractivity contribution in [1.82, 2.24) is 18.7 Å². The number of fused-ring (bicyclic) bond motifs is 3. The van der Waals surface area contributed by atoms with Gasteiger partial charge >= 0.3 is 5.69 Å². The zero-order chi connectivity index (χ0) is 19.2. The molecule has 1 atom stereocenters. The van der Waals surface area contributed by atoms with Crippen LogP contribution in [0, 0.1) is 0 Å². The van der Waals surface area contributed by atoms with Crippen molar-refractivity contribution >= 4 is 28.7 Å². The highest BCUT2D eigenvalue weighted by Crippen LogP contribution is 2.29. The van der Waals surface area contributed by atoms with Gasteiger partial charge in [-0.2, -0.15) is 10.1 Å². The summed E-state index contributed by atoms with van der Waals surface area (Å²) >= 11 is 0. The fourth-order valence-electron chi connectivity index (χ4n) is 3.01. The van der Waals surface area contributed by atoms with Crippen LogP contribution in [0.25, 0.3) is 11.2 Å². The standard InChI is InChI=1S/C16H21N7O3/c1-5-6-7-21-14(25)12-13(20(4)16(21)26)18-15-22(8-11(17)24)19-9(2)10(3)23(12)15/h5-6,10H,7-8H2,1-4H3,(H2,17,24)/b6-5+/t10-/m0/s1. The number of rotatable bonds is 4. The Morgan fingerprint density at radius 1 is 1.35 bits per heavy atom. The second kappa shape index (κ2) is 6.28. The van der Waals surface area contributed by atoms with Crippen molar-refractivity contribution in [3.63, 3.8) is 0 Å². The number of amides is 1. The minimum atomic E-state index is -0.575. The van der Waals surface area contributed by atoms with Crippen molar-refractivity contribution in [3.05, 3.63) is 33.0 Å². The van der Waals surface area contributed by atoms with Crippen LogP contribution in [0.1, 0.15) is 26.8 Å². The molecule has 0 aliphatic carbocycles. The Morgan fingerprint density at radius 3 is 2.65 bits per heavy atom. The van der Waals surface area contributed by atoms with Gasteiger partial charge in [-0.05, 0) is 20.8 Å². The first-order valence-electron chi connectivity index (χ1n) is 8.21. The lowest BCUT2D eigenvalue weighted by Crippen LogP contribution is -2.40. The van der Waals surface area contributed by atoms with Gasteiger partial charge < -0.3 is 5.73 Å². The molecular weight excluding hydrogens is 338 g/mol. The highest BCUT2D eigenvalue weighted by atomic mass is 16.2. The van der Waals surface area contributed by atoms with Gasteiger partial charge in [0.05, 0.1) is 11.8 Å². The van der Waals surface area contributed by atoms with Crippen molar-refractivity contribution in [2.45, 2.75) is 33.4 Å². The van der Waals surface area contributed by atoms with Crippen LogP contribution in [0.3, 0.4) is 0 Å². The van der Waals surface area contributed by atoms with E-state index >= 15 is 0 Å². The number of imidazole rings is 1. The molecule has 1 aliphatic heterocycles. The molecule has 10 nitrogen and oxygen atoms in total.